The molecule has 0 radical (unpaired) electrons. The molecule has 0 atom stereocenters. The summed E-state index contributed by atoms with van der Waals surface area (Å²) in [5.74, 6) is 0.613. The summed E-state index contributed by atoms with van der Waals surface area (Å²) in [7, 11) is 0. The molecule has 1 fully saturated rings. The summed E-state index contributed by atoms with van der Waals surface area (Å²) >= 11 is 1.50. The minimum atomic E-state index is -1.04. The van der Waals surface area contributed by atoms with Gasteiger partial charge in [-0.05, 0) is 43.5 Å². The van der Waals surface area contributed by atoms with Gasteiger partial charge in [-0.15, -0.1) is 10.2 Å². The van der Waals surface area contributed by atoms with Crippen molar-refractivity contribution in [2.45, 2.75) is 50.1 Å². The monoisotopic (exact) mass is 470 g/mol. The Kier molecular flexibility index (Phi) is 7.43. The average molecular weight is 471 g/mol. The van der Waals surface area contributed by atoms with E-state index in [4.69, 9.17) is 19.7 Å². The minimum Gasteiger partial charge on any atom is -0.482 e. The number of fused-ring (bicyclic) bond motifs is 1. The van der Waals surface area contributed by atoms with Gasteiger partial charge in [0.1, 0.15) is 5.75 Å². The van der Waals surface area contributed by atoms with E-state index in [-0.39, 0.29) is 6.61 Å². The Morgan fingerprint density at radius 3 is 2.64 bits per heavy atom. The van der Waals surface area contributed by atoms with Gasteiger partial charge in [-0.25, -0.2) is 9.59 Å². The van der Waals surface area contributed by atoms with E-state index in [2.05, 4.69) is 10.2 Å². The van der Waals surface area contributed by atoms with E-state index in [0.29, 0.717) is 28.7 Å². The number of carbonyl (C=O) groups excluding carboxylic acids is 1. The van der Waals surface area contributed by atoms with Gasteiger partial charge < -0.3 is 14.6 Å². The first kappa shape index (κ1) is 23.0. The molecule has 0 saturated heterocycles. The lowest BCUT2D eigenvalue weighted by atomic mass is 9.89. The summed E-state index contributed by atoms with van der Waals surface area (Å²) in [4.78, 5) is 23.5. The fourth-order valence-electron chi connectivity index (χ4n) is 3.93. The lowest BCUT2D eigenvalue weighted by Crippen LogP contribution is -2.22. The number of aliphatic carboxylic acids is 1. The van der Waals surface area contributed by atoms with Crippen molar-refractivity contribution in [3.63, 3.8) is 0 Å². The van der Waals surface area contributed by atoms with Crippen LogP contribution < -0.4 is 4.74 Å². The van der Waals surface area contributed by atoms with Gasteiger partial charge in [-0.1, -0.05) is 43.2 Å². The van der Waals surface area contributed by atoms with Crippen molar-refractivity contribution in [3.8, 4) is 5.75 Å². The predicted molar refractivity (Wildman–Crippen MR) is 124 cm³/mol. The first-order valence-electron chi connectivity index (χ1n) is 11.0. The largest absolute Gasteiger partial charge is 0.482 e. The van der Waals surface area contributed by atoms with E-state index >= 15 is 0 Å². The Morgan fingerprint density at radius 2 is 1.94 bits per heavy atom. The van der Waals surface area contributed by atoms with Gasteiger partial charge in [0, 0.05) is 11.7 Å². The van der Waals surface area contributed by atoms with Crippen molar-refractivity contribution >= 4 is 35.5 Å². The highest BCUT2D eigenvalue weighted by Crippen LogP contribution is 2.35. The second-order valence-electron chi connectivity index (χ2n) is 7.85. The topological polar surface area (TPSA) is 116 Å². The molecule has 33 heavy (non-hydrogen) atoms. The quantitative estimate of drug-likeness (QED) is 0.458. The summed E-state index contributed by atoms with van der Waals surface area (Å²) in [6, 6.07) is 6.83. The van der Waals surface area contributed by atoms with Crippen LogP contribution in [0.2, 0.25) is 0 Å². The molecule has 2 aliphatic rings. The molecule has 4 rings (SSSR count). The molecular weight excluding hydrogens is 444 g/mol. The van der Waals surface area contributed by atoms with Crippen molar-refractivity contribution < 1.29 is 24.2 Å². The standard InChI is InChI=1S/C23H26N4O5S/c1-2-31-22(30)18(12-15-8-10-17(11-9-15)32-13-20(28)29)19-14-33-23-25-24-21(27(23)26-19)16-6-4-3-5-7-16/h8-12,16H,2-7,13-14H2,1H3,(H,28,29). The van der Waals surface area contributed by atoms with Gasteiger partial charge in [0.2, 0.25) is 5.16 Å². The van der Waals surface area contributed by atoms with Crippen LogP contribution in [0, 0.1) is 0 Å². The molecule has 10 heteroatoms. The van der Waals surface area contributed by atoms with Crippen LogP contribution in [0.4, 0.5) is 0 Å². The van der Waals surface area contributed by atoms with Crippen molar-refractivity contribution in [1.82, 2.24) is 14.9 Å². The van der Waals surface area contributed by atoms with Crippen LogP contribution in [0.5, 0.6) is 5.75 Å². The molecule has 0 amide bonds. The Labute approximate surface area is 195 Å². The van der Waals surface area contributed by atoms with Crippen LogP contribution in [0.25, 0.3) is 6.08 Å². The number of ether oxygens (including phenoxy) is 2. The van der Waals surface area contributed by atoms with Gasteiger partial charge in [0.15, 0.2) is 12.4 Å². The lowest BCUT2D eigenvalue weighted by molar-refractivity contribution is -0.139. The normalized spacial score (nSPS) is 16.6. The fourth-order valence-corrected chi connectivity index (χ4v) is 4.77. The van der Waals surface area contributed by atoms with E-state index in [0.717, 1.165) is 29.4 Å². The molecule has 1 aromatic heterocycles. The number of hydrogen-bond acceptors (Lipinski definition) is 8. The second kappa shape index (κ2) is 10.7. The van der Waals surface area contributed by atoms with Crippen LogP contribution in [0.1, 0.15) is 56.3 Å². The molecule has 2 heterocycles. The van der Waals surface area contributed by atoms with Crippen molar-refractivity contribution in [1.29, 1.82) is 0 Å². The van der Waals surface area contributed by atoms with Gasteiger partial charge in [-0.2, -0.15) is 9.78 Å². The minimum absolute atomic E-state index is 0.254. The van der Waals surface area contributed by atoms with Crippen LogP contribution in [0.15, 0.2) is 40.1 Å². The SMILES string of the molecule is CCOC(=O)C(=Cc1ccc(OCC(=O)O)cc1)C1=Nn2c(nnc2C2CCCCC2)SC1. The molecule has 1 aromatic carbocycles. The number of nitrogens with zero attached hydrogens (tertiary/aromatic N) is 4. The van der Waals surface area contributed by atoms with Gasteiger partial charge in [0.05, 0.1) is 17.9 Å². The Bertz CT molecular complexity index is 1070. The number of thioether (sulfide) groups is 1. The molecule has 1 aliphatic carbocycles. The Hall–Kier alpha value is -3.14. The zero-order valence-corrected chi connectivity index (χ0v) is 19.2. The molecule has 0 bridgehead atoms. The first-order valence-corrected chi connectivity index (χ1v) is 12.0. The third-order valence-corrected chi connectivity index (χ3v) is 6.46. The zero-order chi connectivity index (χ0) is 23.2. The summed E-state index contributed by atoms with van der Waals surface area (Å²) in [5, 5.41) is 23.0. The Morgan fingerprint density at radius 1 is 1.18 bits per heavy atom. The number of hydrogen-bond donors (Lipinski definition) is 1. The molecule has 0 spiro atoms. The van der Waals surface area contributed by atoms with Crippen LogP contribution in [-0.4, -0.2) is 56.6 Å². The highest BCUT2D eigenvalue weighted by molar-refractivity contribution is 7.99. The van der Waals surface area contributed by atoms with Crippen molar-refractivity contribution in [2.75, 3.05) is 19.0 Å². The Balaban J connectivity index is 1.63. The molecule has 1 N–H and O–H groups in total. The van der Waals surface area contributed by atoms with Crippen molar-refractivity contribution in [3.05, 3.63) is 41.2 Å². The summed E-state index contributed by atoms with van der Waals surface area (Å²) in [6.45, 7) is 1.60. The third-order valence-electron chi connectivity index (χ3n) is 5.52. The van der Waals surface area contributed by atoms with E-state index < -0.39 is 18.5 Å². The molecule has 1 aliphatic heterocycles. The molecular formula is C23H26N4O5S. The molecule has 2 aromatic rings. The predicted octanol–water partition coefficient (Wildman–Crippen LogP) is 3.75. The third kappa shape index (κ3) is 5.62. The van der Waals surface area contributed by atoms with E-state index in [1.165, 1.54) is 31.0 Å². The van der Waals surface area contributed by atoms with Gasteiger partial charge in [0.25, 0.3) is 0 Å². The first-order chi connectivity index (χ1) is 16.0. The molecule has 9 nitrogen and oxygen atoms in total. The molecule has 1 saturated carbocycles. The van der Waals surface area contributed by atoms with E-state index in [9.17, 15) is 9.59 Å². The second-order valence-corrected chi connectivity index (χ2v) is 8.80. The summed E-state index contributed by atoms with van der Waals surface area (Å²) in [5.41, 5.74) is 1.72. The summed E-state index contributed by atoms with van der Waals surface area (Å²) < 4.78 is 12.3. The maximum absolute atomic E-state index is 12.8. The molecule has 0 unspecified atom stereocenters. The number of aromatic nitrogens is 3. The maximum Gasteiger partial charge on any atom is 0.341 e. The van der Waals surface area contributed by atoms with Crippen molar-refractivity contribution in [2.24, 2.45) is 5.10 Å². The van der Waals surface area contributed by atoms with E-state index in [1.54, 1.807) is 41.9 Å². The van der Waals surface area contributed by atoms with Gasteiger partial charge in [-0.3, -0.25) is 0 Å². The number of benzene rings is 1. The fraction of sp³-hybridized carbons (Fsp3) is 0.435. The highest BCUT2D eigenvalue weighted by atomic mass is 32.2. The van der Waals surface area contributed by atoms with Crippen LogP contribution in [-0.2, 0) is 14.3 Å². The van der Waals surface area contributed by atoms with Crippen LogP contribution in [0.3, 0.4) is 0 Å². The van der Waals surface area contributed by atoms with Crippen LogP contribution >= 0.6 is 11.8 Å². The number of carboxylic acid groups (broad SMARTS) is 1. The van der Waals surface area contributed by atoms with Gasteiger partial charge >= 0.3 is 11.9 Å². The number of esters is 1. The average Bonchev–Trinajstić information content (AvgIpc) is 3.26. The lowest BCUT2D eigenvalue weighted by Gasteiger charge is -2.22. The number of carbonyl (C=O) groups is 2. The zero-order valence-electron chi connectivity index (χ0n) is 18.4. The summed E-state index contributed by atoms with van der Waals surface area (Å²) in [6.07, 6.45) is 7.48. The maximum atomic E-state index is 12.8. The molecule has 174 valence electrons. The number of rotatable bonds is 8. The smallest absolute Gasteiger partial charge is 0.341 e. The van der Waals surface area contributed by atoms with E-state index in [1.807, 2.05) is 0 Å². The number of carboxylic acids is 1. The highest BCUT2D eigenvalue weighted by Gasteiger charge is 2.28.